The average Bonchev–Trinajstić information content (AvgIpc) is 2.30. The van der Waals surface area contributed by atoms with Crippen LogP contribution in [0.5, 0.6) is 0 Å². The van der Waals surface area contributed by atoms with Crippen LogP contribution in [0.15, 0.2) is 33.0 Å². The van der Waals surface area contributed by atoms with Gasteiger partial charge in [-0.1, -0.05) is 11.6 Å². The van der Waals surface area contributed by atoms with E-state index in [0.717, 1.165) is 11.8 Å². The molecule has 0 unspecified atom stereocenters. The predicted octanol–water partition coefficient (Wildman–Crippen LogP) is 1.56. The van der Waals surface area contributed by atoms with Gasteiger partial charge < -0.3 is 16.5 Å². The summed E-state index contributed by atoms with van der Waals surface area (Å²) in [4.78, 5) is 30.0. The van der Waals surface area contributed by atoms with Crippen molar-refractivity contribution >= 4 is 35.0 Å². The molecule has 1 aromatic carbocycles. The van der Waals surface area contributed by atoms with Gasteiger partial charge in [-0.2, -0.15) is 0 Å². The molecule has 8 heteroatoms. The Hall–Kier alpha value is -1.99. The molecule has 104 valence electrons. The molecular formula is C12H11ClN4O2S. The lowest BCUT2D eigenvalue weighted by atomic mass is 10.2. The highest BCUT2D eigenvalue weighted by Gasteiger charge is 2.16. The second kappa shape index (κ2) is 5.56. The first-order valence-corrected chi connectivity index (χ1v) is 6.71. The zero-order valence-corrected chi connectivity index (χ0v) is 12.0. The Morgan fingerprint density at radius 1 is 1.40 bits per heavy atom. The van der Waals surface area contributed by atoms with Crippen LogP contribution in [0.3, 0.4) is 0 Å². The number of H-pyrrole nitrogens is 1. The number of carbonyl (C=O) groups is 1. The lowest BCUT2D eigenvalue weighted by molar-refractivity contribution is 0.0997. The molecule has 6 nitrogen and oxygen atoms in total. The van der Waals surface area contributed by atoms with Gasteiger partial charge in [0.2, 0.25) is 5.91 Å². The van der Waals surface area contributed by atoms with Crippen molar-refractivity contribution in [3.8, 4) is 0 Å². The Balaban J connectivity index is 2.52. The number of carbonyl (C=O) groups excluding carboxylic acids is 1. The number of benzene rings is 1. The van der Waals surface area contributed by atoms with Crippen molar-refractivity contribution < 1.29 is 4.79 Å². The van der Waals surface area contributed by atoms with Crippen LogP contribution < -0.4 is 17.0 Å². The first-order chi connectivity index (χ1) is 9.36. The molecule has 1 amide bonds. The zero-order chi connectivity index (χ0) is 14.9. The molecule has 2 aromatic rings. The minimum Gasteiger partial charge on any atom is -0.399 e. The van der Waals surface area contributed by atoms with E-state index in [9.17, 15) is 9.59 Å². The molecule has 0 aliphatic heterocycles. The summed E-state index contributed by atoms with van der Waals surface area (Å²) in [7, 11) is 0. The lowest BCUT2D eigenvalue weighted by Crippen LogP contribution is -2.13. The number of hydrogen-bond acceptors (Lipinski definition) is 5. The number of aromatic amines is 1. The van der Waals surface area contributed by atoms with Gasteiger partial charge in [-0.3, -0.25) is 9.59 Å². The number of primary amides is 1. The molecule has 0 aliphatic carbocycles. The molecule has 0 spiro atoms. The summed E-state index contributed by atoms with van der Waals surface area (Å²) in [5.41, 5.74) is 11.7. The molecule has 2 rings (SSSR count). The number of nitrogens with two attached hydrogens (primary N) is 2. The van der Waals surface area contributed by atoms with Gasteiger partial charge in [0.1, 0.15) is 0 Å². The maximum absolute atomic E-state index is 11.5. The van der Waals surface area contributed by atoms with Crippen LogP contribution in [0.2, 0.25) is 5.02 Å². The summed E-state index contributed by atoms with van der Waals surface area (Å²) < 4.78 is 0. The third-order valence-corrected chi connectivity index (χ3v) is 3.82. The number of anilines is 1. The highest BCUT2D eigenvalue weighted by molar-refractivity contribution is 7.99. The van der Waals surface area contributed by atoms with E-state index in [1.54, 1.807) is 6.92 Å². The van der Waals surface area contributed by atoms with Gasteiger partial charge in [-0.25, -0.2) is 4.98 Å². The first kappa shape index (κ1) is 14.4. The highest BCUT2D eigenvalue weighted by atomic mass is 35.5. The van der Waals surface area contributed by atoms with Gasteiger partial charge in [0.05, 0.1) is 10.6 Å². The van der Waals surface area contributed by atoms with E-state index in [4.69, 9.17) is 23.1 Å². The summed E-state index contributed by atoms with van der Waals surface area (Å²) in [5.74, 6) is -0.656. The Kier molecular flexibility index (Phi) is 4.01. The minimum atomic E-state index is -0.656. The van der Waals surface area contributed by atoms with Crippen molar-refractivity contribution in [3.63, 3.8) is 0 Å². The molecule has 0 fully saturated rings. The Bertz CT molecular complexity index is 745. The first-order valence-electron chi connectivity index (χ1n) is 5.51. The van der Waals surface area contributed by atoms with Crippen LogP contribution in [-0.4, -0.2) is 15.9 Å². The summed E-state index contributed by atoms with van der Waals surface area (Å²) in [6.45, 7) is 1.69. The number of aromatic nitrogens is 2. The van der Waals surface area contributed by atoms with E-state index in [0.29, 0.717) is 21.4 Å². The van der Waals surface area contributed by atoms with E-state index >= 15 is 0 Å². The maximum Gasteiger partial charge on any atom is 0.251 e. The average molecular weight is 311 g/mol. The van der Waals surface area contributed by atoms with Gasteiger partial charge in [0.15, 0.2) is 5.16 Å². The second-order valence-electron chi connectivity index (χ2n) is 4.04. The minimum absolute atomic E-state index is 0.184. The van der Waals surface area contributed by atoms with Crippen molar-refractivity contribution in [2.75, 3.05) is 5.73 Å². The van der Waals surface area contributed by atoms with Crippen LogP contribution in [-0.2, 0) is 0 Å². The molecule has 0 aliphatic rings. The van der Waals surface area contributed by atoms with Gasteiger partial charge in [0.25, 0.3) is 5.56 Å². The molecule has 1 aromatic heterocycles. The fourth-order valence-electron chi connectivity index (χ4n) is 1.60. The summed E-state index contributed by atoms with van der Waals surface area (Å²) in [5, 5.41) is 0.595. The SMILES string of the molecule is Cc1cc(=O)[nH]c(Sc2c(Cl)cc(N)cc2C(N)=O)n1. The largest absolute Gasteiger partial charge is 0.399 e. The molecule has 0 atom stereocenters. The van der Waals surface area contributed by atoms with E-state index in [1.807, 2.05) is 0 Å². The van der Waals surface area contributed by atoms with Crippen LogP contribution >= 0.6 is 23.4 Å². The molecule has 20 heavy (non-hydrogen) atoms. The van der Waals surface area contributed by atoms with E-state index in [1.165, 1.54) is 18.2 Å². The Morgan fingerprint density at radius 3 is 2.70 bits per heavy atom. The summed E-state index contributed by atoms with van der Waals surface area (Å²) in [6, 6.07) is 4.30. The Labute approximate surface area is 123 Å². The number of nitrogens with one attached hydrogen (secondary N) is 1. The quantitative estimate of drug-likeness (QED) is 0.588. The van der Waals surface area contributed by atoms with E-state index in [2.05, 4.69) is 9.97 Å². The van der Waals surface area contributed by atoms with Crippen LogP contribution in [0, 0.1) is 6.92 Å². The number of aryl methyl sites for hydroxylation is 1. The number of hydrogen-bond donors (Lipinski definition) is 3. The third kappa shape index (κ3) is 3.12. The van der Waals surface area contributed by atoms with Crippen molar-refractivity contribution in [2.24, 2.45) is 5.73 Å². The Morgan fingerprint density at radius 2 is 2.10 bits per heavy atom. The molecule has 0 radical (unpaired) electrons. The number of nitrogen functional groups attached to an aromatic ring is 1. The molecule has 0 saturated heterocycles. The molecule has 0 saturated carbocycles. The van der Waals surface area contributed by atoms with Crippen LogP contribution in [0.1, 0.15) is 16.1 Å². The fourth-order valence-corrected chi connectivity index (χ4v) is 2.90. The molecular weight excluding hydrogens is 300 g/mol. The van der Waals surface area contributed by atoms with E-state index in [-0.39, 0.29) is 16.1 Å². The topological polar surface area (TPSA) is 115 Å². The number of halogens is 1. The number of rotatable bonds is 3. The standard InChI is InChI=1S/C12H11ClN4O2S/c1-5-2-9(18)17-12(16-5)20-10-7(11(15)19)3-6(14)4-8(10)13/h2-4H,14H2,1H3,(H2,15,19)(H,16,17,18). The van der Waals surface area contributed by atoms with E-state index < -0.39 is 5.91 Å². The van der Waals surface area contributed by atoms with Crippen LogP contribution in [0.4, 0.5) is 5.69 Å². The smallest absolute Gasteiger partial charge is 0.251 e. The van der Waals surface area contributed by atoms with Crippen molar-refractivity contribution in [1.29, 1.82) is 0 Å². The summed E-state index contributed by atoms with van der Waals surface area (Å²) in [6.07, 6.45) is 0. The van der Waals surface area contributed by atoms with Gasteiger partial charge in [-0.15, -0.1) is 0 Å². The van der Waals surface area contributed by atoms with Gasteiger partial charge in [0, 0.05) is 22.3 Å². The molecule has 0 bridgehead atoms. The zero-order valence-electron chi connectivity index (χ0n) is 10.4. The lowest BCUT2D eigenvalue weighted by Gasteiger charge is -2.09. The highest BCUT2D eigenvalue weighted by Crippen LogP contribution is 2.35. The van der Waals surface area contributed by atoms with Crippen molar-refractivity contribution in [2.45, 2.75) is 17.0 Å². The molecule has 5 N–H and O–H groups in total. The predicted molar refractivity (Wildman–Crippen MR) is 78.1 cm³/mol. The fraction of sp³-hybridized carbons (Fsp3) is 0.0833. The summed E-state index contributed by atoms with van der Waals surface area (Å²) >= 11 is 7.13. The third-order valence-electron chi connectivity index (χ3n) is 2.38. The monoisotopic (exact) mass is 310 g/mol. The second-order valence-corrected chi connectivity index (χ2v) is 5.44. The molecule has 1 heterocycles. The van der Waals surface area contributed by atoms with Crippen molar-refractivity contribution in [1.82, 2.24) is 9.97 Å². The number of amides is 1. The number of nitrogens with zero attached hydrogens (tertiary/aromatic N) is 1. The van der Waals surface area contributed by atoms with Crippen LogP contribution in [0.25, 0.3) is 0 Å². The van der Waals surface area contributed by atoms with Gasteiger partial charge in [-0.05, 0) is 30.8 Å². The van der Waals surface area contributed by atoms with Crippen molar-refractivity contribution in [3.05, 3.63) is 44.8 Å². The maximum atomic E-state index is 11.5. The normalized spacial score (nSPS) is 10.5. The van der Waals surface area contributed by atoms with Gasteiger partial charge >= 0.3 is 0 Å².